The van der Waals surface area contributed by atoms with Crippen LogP contribution in [-0.2, 0) is 23.8 Å². The molecule has 0 radical (unpaired) electrons. The normalized spacial score (nSPS) is 26.0. The van der Waals surface area contributed by atoms with Gasteiger partial charge in [-0.3, -0.25) is 4.79 Å². The third-order valence-corrected chi connectivity index (χ3v) is 5.69. The van der Waals surface area contributed by atoms with Crippen molar-refractivity contribution in [2.45, 2.75) is 77.7 Å². The van der Waals surface area contributed by atoms with Crippen molar-refractivity contribution in [3.05, 3.63) is 12.2 Å². The first-order chi connectivity index (χ1) is 12.5. The van der Waals surface area contributed by atoms with Crippen LogP contribution < -0.4 is 0 Å². The van der Waals surface area contributed by atoms with Gasteiger partial charge in [0.05, 0.1) is 6.61 Å². The Morgan fingerprint density at radius 3 is 2.58 bits per heavy atom. The van der Waals surface area contributed by atoms with Gasteiger partial charge in [-0.2, -0.15) is 0 Å². The van der Waals surface area contributed by atoms with Crippen LogP contribution in [0.1, 0.15) is 71.6 Å². The topological polar surface area (TPSA) is 61.8 Å². The molecule has 0 saturated heterocycles. The molecule has 3 unspecified atom stereocenters. The molecule has 0 N–H and O–H groups in total. The van der Waals surface area contributed by atoms with Crippen LogP contribution in [0.5, 0.6) is 0 Å². The van der Waals surface area contributed by atoms with Crippen molar-refractivity contribution in [1.29, 1.82) is 0 Å². The monoisotopic (exact) mass is 366 g/mol. The molecule has 2 aliphatic rings. The van der Waals surface area contributed by atoms with E-state index in [2.05, 4.69) is 13.5 Å². The fraction of sp³-hybridized carbons (Fsp3) is 0.810. The summed E-state index contributed by atoms with van der Waals surface area (Å²) < 4.78 is 16.3. The lowest BCUT2D eigenvalue weighted by molar-refractivity contribution is -0.157. The smallest absolute Gasteiger partial charge is 0.333 e. The molecule has 0 aromatic rings. The van der Waals surface area contributed by atoms with Crippen LogP contribution >= 0.6 is 0 Å². The Balaban J connectivity index is 1.64. The van der Waals surface area contributed by atoms with Gasteiger partial charge in [0.1, 0.15) is 6.10 Å². The molecule has 26 heavy (non-hydrogen) atoms. The van der Waals surface area contributed by atoms with E-state index in [1.165, 1.54) is 25.7 Å². The fourth-order valence-corrected chi connectivity index (χ4v) is 4.04. The van der Waals surface area contributed by atoms with E-state index >= 15 is 0 Å². The summed E-state index contributed by atoms with van der Waals surface area (Å²) >= 11 is 0. The molecular formula is C21H34O5. The fourth-order valence-electron chi connectivity index (χ4n) is 4.04. The van der Waals surface area contributed by atoms with Crippen LogP contribution in [0.4, 0.5) is 0 Å². The maximum atomic E-state index is 12.0. The standard InChI is InChI=1S/C21H34O5/c1-4-16(3)21(23)26-19-12-15(2)11-18(19)9-10-20(22)25-14-24-13-17-7-5-6-8-17/h15,17-19H,3-14H2,1-2H3. The first kappa shape index (κ1) is 20.9. The molecule has 0 aromatic carbocycles. The predicted octanol–water partition coefficient (Wildman–Crippen LogP) is 4.40. The third kappa shape index (κ3) is 6.75. The van der Waals surface area contributed by atoms with Crippen LogP contribution in [0.25, 0.3) is 0 Å². The second-order valence-electron chi connectivity index (χ2n) is 7.93. The molecule has 2 aliphatic carbocycles. The summed E-state index contributed by atoms with van der Waals surface area (Å²) in [6.07, 6.45) is 8.34. The summed E-state index contributed by atoms with van der Waals surface area (Å²) in [5, 5.41) is 0. The second kappa shape index (κ2) is 10.7. The number of esters is 2. The Labute approximate surface area is 157 Å². The highest BCUT2D eigenvalue weighted by molar-refractivity contribution is 5.87. The molecule has 0 spiro atoms. The van der Waals surface area contributed by atoms with E-state index in [-0.39, 0.29) is 30.8 Å². The van der Waals surface area contributed by atoms with E-state index < -0.39 is 0 Å². The van der Waals surface area contributed by atoms with Gasteiger partial charge < -0.3 is 14.2 Å². The molecule has 5 heteroatoms. The van der Waals surface area contributed by atoms with Crippen molar-refractivity contribution in [3.63, 3.8) is 0 Å². The second-order valence-corrected chi connectivity index (χ2v) is 7.93. The van der Waals surface area contributed by atoms with E-state index in [1.54, 1.807) is 0 Å². The van der Waals surface area contributed by atoms with Crippen LogP contribution in [0.3, 0.4) is 0 Å². The van der Waals surface area contributed by atoms with Gasteiger partial charge in [0.15, 0.2) is 6.79 Å². The quantitative estimate of drug-likeness (QED) is 0.248. The average Bonchev–Trinajstić information content (AvgIpc) is 3.25. The highest BCUT2D eigenvalue weighted by Gasteiger charge is 2.35. The summed E-state index contributed by atoms with van der Waals surface area (Å²) in [7, 11) is 0. The number of hydrogen-bond acceptors (Lipinski definition) is 5. The number of rotatable bonds is 10. The van der Waals surface area contributed by atoms with Gasteiger partial charge in [0.2, 0.25) is 0 Å². The molecule has 2 fully saturated rings. The highest BCUT2D eigenvalue weighted by atomic mass is 16.7. The summed E-state index contributed by atoms with van der Waals surface area (Å²) in [4.78, 5) is 23.9. The summed E-state index contributed by atoms with van der Waals surface area (Å²) in [5.41, 5.74) is 0.502. The van der Waals surface area contributed by atoms with Gasteiger partial charge in [-0.25, -0.2) is 4.79 Å². The lowest BCUT2D eigenvalue weighted by Gasteiger charge is -2.20. The first-order valence-electron chi connectivity index (χ1n) is 10.1. The van der Waals surface area contributed by atoms with Gasteiger partial charge in [0, 0.05) is 12.0 Å². The lowest BCUT2D eigenvalue weighted by Crippen LogP contribution is -2.24. The Hall–Kier alpha value is -1.36. The van der Waals surface area contributed by atoms with E-state index in [0.29, 0.717) is 43.3 Å². The molecule has 0 aliphatic heterocycles. The van der Waals surface area contributed by atoms with Crippen LogP contribution in [-0.4, -0.2) is 31.4 Å². The maximum absolute atomic E-state index is 12.0. The largest absolute Gasteiger partial charge is 0.459 e. The zero-order chi connectivity index (χ0) is 18.9. The molecule has 3 atom stereocenters. The molecule has 2 saturated carbocycles. The molecule has 2 rings (SSSR count). The molecule has 0 amide bonds. The SMILES string of the molecule is C=C(CC)C(=O)OC1CC(C)CC1CCC(=O)OCOCC1CCCC1. The van der Waals surface area contributed by atoms with E-state index in [4.69, 9.17) is 14.2 Å². The van der Waals surface area contributed by atoms with Crippen molar-refractivity contribution in [2.75, 3.05) is 13.4 Å². The molecule has 5 nitrogen and oxygen atoms in total. The molecule has 148 valence electrons. The Morgan fingerprint density at radius 2 is 1.88 bits per heavy atom. The molecule has 0 bridgehead atoms. The third-order valence-electron chi connectivity index (χ3n) is 5.69. The van der Waals surface area contributed by atoms with E-state index in [1.807, 2.05) is 6.92 Å². The Bertz CT molecular complexity index is 481. The van der Waals surface area contributed by atoms with Crippen molar-refractivity contribution in [3.8, 4) is 0 Å². The van der Waals surface area contributed by atoms with Crippen molar-refractivity contribution >= 4 is 11.9 Å². The zero-order valence-corrected chi connectivity index (χ0v) is 16.3. The number of carbonyl (C=O) groups is 2. The van der Waals surface area contributed by atoms with E-state index in [9.17, 15) is 9.59 Å². The van der Waals surface area contributed by atoms with Gasteiger partial charge in [-0.1, -0.05) is 33.3 Å². The number of hydrogen-bond donors (Lipinski definition) is 0. The van der Waals surface area contributed by atoms with Gasteiger partial charge in [-0.15, -0.1) is 0 Å². The van der Waals surface area contributed by atoms with Crippen LogP contribution in [0, 0.1) is 17.8 Å². The minimum Gasteiger partial charge on any atom is -0.459 e. The number of carbonyl (C=O) groups excluding carboxylic acids is 2. The Morgan fingerprint density at radius 1 is 1.15 bits per heavy atom. The van der Waals surface area contributed by atoms with Crippen molar-refractivity contribution in [2.24, 2.45) is 17.8 Å². The summed E-state index contributed by atoms with van der Waals surface area (Å²) in [6, 6.07) is 0. The number of ether oxygens (including phenoxy) is 3. The predicted molar refractivity (Wildman–Crippen MR) is 99.3 cm³/mol. The van der Waals surface area contributed by atoms with Crippen LogP contribution in [0.15, 0.2) is 12.2 Å². The summed E-state index contributed by atoms with van der Waals surface area (Å²) in [5.74, 6) is 0.796. The zero-order valence-electron chi connectivity index (χ0n) is 16.3. The minimum atomic E-state index is -0.306. The average molecular weight is 366 g/mol. The van der Waals surface area contributed by atoms with Gasteiger partial charge >= 0.3 is 11.9 Å². The molecule has 0 heterocycles. The van der Waals surface area contributed by atoms with E-state index in [0.717, 1.165) is 12.8 Å². The van der Waals surface area contributed by atoms with Crippen LogP contribution in [0.2, 0.25) is 0 Å². The van der Waals surface area contributed by atoms with Gasteiger partial charge in [0.25, 0.3) is 0 Å². The van der Waals surface area contributed by atoms with Crippen molar-refractivity contribution < 1.29 is 23.8 Å². The van der Waals surface area contributed by atoms with Gasteiger partial charge in [-0.05, 0) is 56.3 Å². The van der Waals surface area contributed by atoms with Crippen molar-refractivity contribution in [1.82, 2.24) is 0 Å². The summed E-state index contributed by atoms with van der Waals surface area (Å²) in [6.45, 7) is 8.52. The molecular weight excluding hydrogens is 332 g/mol. The lowest BCUT2D eigenvalue weighted by atomic mass is 9.98. The first-order valence-corrected chi connectivity index (χ1v) is 10.1. The molecule has 0 aromatic heterocycles. The highest BCUT2D eigenvalue weighted by Crippen LogP contribution is 2.36. The maximum Gasteiger partial charge on any atom is 0.333 e. The Kier molecular flexibility index (Phi) is 8.63. The minimum absolute atomic E-state index is 0.0468.